The Morgan fingerprint density at radius 1 is 1.06 bits per heavy atom. The number of halogens is 3. The fourth-order valence-electron chi connectivity index (χ4n) is 1.45. The van der Waals surface area contributed by atoms with Crippen molar-refractivity contribution in [3.8, 4) is 16.9 Å². The van der Waals surface area contributed by atoms with Gasteiger partial charge in [0.25, 0.3) is 0 Å². The molecule has 0 aromatic heterocycles. The molecule has 0 amide bonds. The van der Waals surface area contributed by atoms with E-state index in [0.717, 1.165) is 0 Å². The summed E-state index contributed by atoms with van der Waals surface area (Å²) >= 11 is 2.99. The van der Waals surface area contributed by atoms with Gasteiger partial charge < -0.3 is 5.11 Å². The van der Waals surface area contributed by atoms with Crippen molar-refractivity contribution in [2.75, 3.05) is 0 Å². The van der Waals surface area contributed by atoms with Crippen LogP contribution in [0.4, 0.5) is 8.78 Å². The first-order valence-electron chi connectivity index (χ1n) is 4.52. The summed E-state index contributed by atoms with van der Waals surface area (Å²) in [6.45, 7) is 0. The van der Waals surface area contributed by atoms with Crippen molar-refractivity contribution in [3.05, 3.63) is 52.5 Å². The van der Waals surface area contributed by atoms with Gasteiger partial charge in [0.1, 0.15) is 17.4 Å². The monoisotopic (exact) mass is 284 g/mol. The standard InChI is InChI=1S/C12H7BrF2O/c13-9-4-5-10(14)11(12(9)15)7-2-1-3-8(16)6-7/h1-6,16H. The largest absolute Gasteiger partial charge is 0.508 e. The predicted octanol–water partition coefficient (Wildman–Crippen LogP) is 4.10. The Bertz CT molecular complexity index is 541. The Kier molecular flexibility index (Phi) is 2.92. The first kappa shape index (κ1) is 11.1. The zero-order valence-electron chi connectivity index (χ0n) is 8.05. The second kappa shape index (κ2) is 4.22. The van der Waals surface area contributed by atoms with Crippen molar-refractivity contribution < 1.29 is 13.9 Å². The molecule has 0 aliphatic rings. The van der Waals surface area contributed by atoms with Crippen LogP contribution in [0.5, 0.6) is 5.75 Å². The van der Waals surface area contributed by atoms with E-state index >= 15 is 0 Å². The Hall–Kier alpha value is -1.42. The predicted molar refractivity (Wildman–Crippen MR) is 61.2 cm³/mol. The van der Waals surface area contributed by atoms with E-state index < -0.39 is 11.6 Å². The minimum atomic E-state index is -0.675. The third-order valence-corrected chi connectivity index (χ3v) is 2.79. The SMILES string of the molecule is Oc1cccc(-c2c(F)ccc(Br)c2F)c1. The molecule has 1 N–H and O–H groups in total. The maximum absolute atomic E-state index is 13.7. The number of phenolic OH excluding ortho intramolecular Hbond substituents is 1. The van der Waals surface area contributed by atoms with Gasteiger partial charge in [0, 0.05) is 0 Å². The maximum Gasteiger partial charge on any atom is 0.148 e. The topological polar surface area (TPSA) is 20.2 Å². The lowest BCUT2D eigenvalue weighted by molar-refractivity contribution is 0.475. The summed E-state index contributed by atoms with van der Waals surface area (Å²) in [6, 6.07) is 8.30. The average Bonchev–Trinajstić information content (AvgIpc) is 2.24. The highest BCUT2D eigenvalue weighted by molar-refractivity contribution is 9.10. The van der Waals surface area contributed by atoms with Crippen LogP contribution in [0.1, 0.15) is 0 Å². The smallest absolute Gasteiger partial charge is 0.148 e. The van der Waals surface area contributed by atoms with Crippen LogP contribution in [0.25, 0.3) is 11.1 Å². The summed E-state index contributed by atoms with van der Waals surface area (Å²) in [5.74, 6) is -1.37. The van der Waals surface area contributed by atoms with Gasteiger partial charge in [0.2, 0.25) is 0 Å². The fourth-order valence-corrected chi connectivity index (χ4v) is 1.78. The molecule has 1 nitrogen and oxygen atoms in total. The molecule has 0 heterocycles. The van der Waals surface area contributed by atoms with Crippen molar-refractivity contribution in [3.63, 3.8) is 0 Å². The van der Waals surface area contributed by atoms with Crippen LogP contribution in [-0.4, -0.2) is 5.11 Å². The minimum absolute atomic E-state index is 0.0312. The summed E-state index contributed by atoms with van der Waals surface area (Å²) in [5.41, 5.74) is 0.154. The van der Waals surface area contributed by atoms with Gasteiger partial charge >= 0.3 is 0 Å². The van der Waals surface area contributed by atoms with Crippen LogP contribution in [0.2, 0.25) is 0 Å². The van der Waals surface area contributed by atoms with E-state index in [9.17, 15) is 13.9 Å². The Morgan fingerprint density at radius 2 is 1.81 bits per heavy atom. The molecule has 0 bridgehead atoms. The summed E-state index contributed by atoms with van der Waals surface area (Å²) < 4.78 is 27.4. The second-order valence-corrected chi connectivity index (χ2v) is 4.12. The van der Waals surface area contributed by atoms with Gasteiger partial charge in [-0.2, -0.15) is 0 Å². The zero-order chi connectivity index (χ0) is 11.7. The van der Waals surface area contributed by atoms with E-state index in [1.54, 1.807) is 0 Å². The lowest BCUT2D eigenvalue weighted by atomic mass is 10.0. The molecule has 2 aromatic carbocycles. The molecule has 2 aromatic rings. The van der Waals surface area contributed by atoms with Crippen LogP contribution in [0, 0.1) is 11.6 Å². The van der Waals surface area contributed by atoms with Crippen LogP contribution in [-0.2, 0) is 0 Å². The number of benzene rings is 2. The molecule has 0 unspecified atom stereocenters. The molecule has 0 radical (unpaired) electrons. The van der Waals surface area contributed by atoms with Gasteiger partial charge in [-0.05, 0) is 45.8 Å². The highest BCUT2D eigenvalue weighted by Gasteiger charge is 2.14. The molecule has 0 saturated carbocycles. The number of hydrogen-bond acceptors (Lipinski definition) is 1. The first-order valence-corrected chi connectivity index (χ1v) is 5.32. The molecule has 0 atom stereocenters. The molecular formula is C12H7BrF2O. The van der Waals surface area contributed by atoms with Gasteiger partial charge in [0.05, 0.1) is 10.0 Å². The molecule has 0 saturated heterocycles. The van der Waals surface area contributed by atoms with Gasteiger partial charge in [-0.3, -0.25) is 0 Å². The van der Waals surface area contributed by atoms with Gasteiger partial charge in [0.15, 0.2) is 0 Å². The minimum Gasteiger partial charge on any atom is -0.508 e. The Labute approximate surface area is 99.5 Å². The lowest BCUT2D eigenvalue weighted by Crippen LogP contribution is -1.91. The van der Waals surface area contributed by atoms with Crippen molar-refractivity contribution in [2.45, 2.75) is 0 Å². The average molecular weight is 285 g/mol. The van der Waals surface area contributed by atoms with E-state index in [1.165, 1.54) is 36.4 Å². The van der Waals surface area contributed by atoms with Gasteiger partial charge in [-0.1, -0.05) is 12.1 Å². The second-order valence-electron chi connectivity index (χ2n) is 3.27. The number of hydrogen-bond donors (Lipinski definition) is 1. The first-order chi connectivity index (χ1) is 7.59. The lowest BCUT2D eigenvalue weighted by Gasteiger charge is -2.06. The summed E-state index contributed by atoms with van der Waals surface area (Å²) in [6.07, 6.45) is 0. The zero-order valence-corrected chi connectivity index (χ0v) is 9.63. The molecule has 4 heteroatoms. The summed E-state index contributed by atoms with van der Waals surface area (Å²) in [7, 11) is 0. The molecule has 0 spiro atoms. The third kappa shape index (κ3) is 1.93. The van der Waals surface area contributed by atoms with Crippen molar-refractivity contribution in [1.29, 1.82) is 0 Å². The van der Waals surface area contributed by atoms with E-state index in [-0.39, 0.29) is 15.8 Å². The Morgan fingerprint density at radius 3 is 2.50 bits per heavy atom. The summed E-state index contributed by atoms with van der Waals surface area (Å²) in [5, 5.41) is 9.27. The molecule has 82 valence electrons. The van der Waals surface area contributed by atoms with Crippen molar-refractivity contribution >= 4 is 15.9 Å². The van der Waals surface area contributed by atoms with Crippen LogP contribution in [0.15, 0.2) is 40.9 Å². The fraction of sp³-hybridized carbons (Fsp3) is 0. The number of aromatic hydroxyl groups is 1. The van der Waals surface area contributed by atoms with Crippen LogP contribution in [0.3, 0.4) is 0 Å². The van der Waals surface area contributed by atoms with Crippen LogP contribution >= 0.6 is 15.9 Å². The molecule has 0 fully saturated rings. The normalized spacial score (nSPS) is 10.4. The molecule has 16 heavy (non-hydrogen) atoms. The van der Waals surface area contributed by atoms with Gasteiger partial charge in [-0.15, -0.1) is 0 Å². The number of rotatable bonds is 1. The van der Waals surface area contributed by atoms with Crippen molar-refractivity contribution in [1.82, 2.24) is 0 Å². The molecule has 2 rings (SSSR count). The maximum atomic E-state index is 13.7. The molecular weight excluding hydrogens is 278 g/mol. The molecule has 0 aliphatic carbocycles. The van der Waals surface area contributed by atoms with E-state index in [2.05, 4.69) is 15.9 Å². The van der Waals surface area contributed by atoms with Crippen LogP contribution < -0.4 is 0 Å². The van der Waals surface area contributed by atoms with E-state index in [0.29, 0.717) is 5.56 Å². The third-order valence-electron chi connectivity index (χ3n) is 2.18. The van der Waals surface area contributed by atoms with E-state index in [4.69, 9.17) is 0 Å². The highest BCUT2D eigenvalue weighted by Crippen LogP contribution is 2.31. The summed E-state index contributed by atoms with van der Waals surface area (Å²) in [4.78, 5) is 0. The Balaban J connectivity index is 2.68. The highest BCUT2D eigenvalue weighted by atomic mass is 79.9. The van der Waals surface area contributed by atoms with E-state index in [1.807, 2.05) is 0 Å². The number of phenols is 1. The molecule has 0 aliphatic heterocycles. The van der Waals surface area contributed by atoms with Crippen molar-refractivity contribution in [2.24, 2.45) is 0 Å². The van der Waals surface area contributed by atoms with Gasteiger partial charge in [-0.25, -0.2) is 8.78 Å². The quantitative estimate of drug-likeness (QED) is 0.782.